The minimum Gasteiger partial charge on any atom is -0.356 e. The molecular formula is C19H23NO. The molecule has 0 saturated carbocycles. The predicted molar refractivity (Wildman–Crippen MR) is 89.6 cm³/mol. The van der Waals surface area contributed by atoms with Crippen molar-refractivity contribution in [2.75, 3.05) is 0 Å². The number of aromatic nitrogens is 1. The molecular weight excluding hydrogens is 258 g/mol. The van der Waals surface area contributed by atoms with Gasteiger partial charge in [-0.1, -0.05) is 75.3 Å². The van der Waals surface area contributed by atoms with Gasteiger partial charge >= 0.3 is 0 Å². The molecule has 21 heavy (non-hydrogen) atoms. The summed E-state index contributed by atoms with van der Waals surface area (Å²) in [6.07, 6.45) is 0. The first kappa shape index (κ1) is 15.3. The van der Waals surface area contributed by atoms with Crippen LogP contribution in [0.4, 0.5) is 0 Å². The molecule has 0 bridgehead atoms. The highest BCUT2D eigenvalue weighted by Gasteiger charge is 2.19. The summed E-state index contributed by atoms with van der Waals surface area (Å²) in [5.74, 6) is 1.31. The van der Waals surface area contributed by atoms with Crippen LogP contribution in [-0.2, 0) is 0 Å². The maximum atomic E-state index is 5.60. The molecule has 0 unspecified atom stereocenters. The van der Waals surface area contributed by atoms with Gasteiger partial charge in [0.1, 0.15) is 0 Å². The third-order valence-corrected chi connectivity index (χ3v) is 3.52. The first-order valence-electron chi connectivity index (χ1n) is 7.63. The number of hydrogen-bond donors (Lipinski definition) is 0. The summed E-state index contributed by atoms with van der Waals surface area (Å²) < 4.78 is 5.60. The lowest BCUT2D eigenvalue weighted by atomic mass is 9.94. The Morgan fingerprint density at radius 2 is 1.62 bits per heavy atom. The fourth-order valence-electron chi connectivity index (χ4n) is 2.67. The number of hydrogen-bond acceptors (Lipinski definition) is 2. The molecule has 0 aliphatic rings. The fraction of sp³-hybridized carbons (Fsp3) is 0.316. The smallest absolute Gasteiger partial charge is 0.171 e. The Morgan fingerprint density at radius 3 is 2.33 bits per heavy atom. The molecule has 110 valence electrons. The largest absolute Gasteiger partial charge is 0.356 e. The maximum absolute atomic E-state index is 5.60. The van der Waals surface area contributed by atoms with Gasteiger partial charge in [0.15, 0.2) is 5.76 Å². The average molecular weight is 281 g/mol. The van der Waals surface area contributed by atoms with Crippen molar-refractivity contribution in [3.63, 3.8) is 0 Å². The lowest BCUT2D eigenvalue weighted by Gasteiger charge is -2.08. The van der Waals surface area contributed by atoms with Gasteiger partial charge in [-0.15, -0.1) is 0 Å². The van der Waals surface area contributed by atoms with Gasteiger partial charge in [0.25, 0.3) is 0 Å². The van der Waals surface area contributed by atoms with Gasteiger partial charge in [-0.05, 0) is 23.6 Å². The third-order valence-electron chi connectivity index (χ3n) is 3.52. The Kier molecular flexibility index (Phi) is 4.79. The molecule has 0 atom stereocenters. The lowest BCUT2D eigenvalue weighted by Crippen LogP contribution is -1.91. The molecule has 0 aliphatic carbocycles. The van der Waals surface area contributed by atoms with Gasteiger partial charge in [-0.2, -0.15) is 0 Å². The van der Waals surface area contributed by atoms with Crippen LogP contribution < -0.4 is 0 Å². The van der Waals surface area contributed by atoms with Gasteiger partial charge in [-0.25, -0.2) is 0 Å². The van der Waals surface area contributed by atoms with Gasteiger partial charge < -0.3 is 4.52 Å². The minimum absolute atomic E-state index is 0.403. The van der Waals surface area contributed by atoms with Crippen LogP contribution in [0.5, 0.6) is 0 Å². The number of rotatable bonds is 2. The molecule has 1 aromatic heterocycles. The van der Waals surface area contributed by atoms with Crippen molar-refractivity contribution in [2.45, 2.75) is 40.5 Å². The second-order valence-corrected chi connectivity index (χ2v) is 5.19. The van der Waals surface area contributed by atoms with Crippen LogP contribution in [-0.4, -0.2) is 5.16 Å². The molecule has 1 heterocycles. The summed E-state index contributed by atoms with van der Waals surface area (Å²) in [6.45, 7) is 10.4. The second-order valence-electron chi connectivity index (χ2n) is 5.19. The van der Waals surface area contributed by atoms with E-state index < -0.39 is 0 Å². The summed E-state index contributed by atoms with van der Waals surface area (Å²) in [4.78, 5) is 0. The van der Waals surface area contributed by atoms with Crippen LogP contribution in [0.3, 0.4) is 0 Å². The van der Waals surface area contributed by atoms with E-state index in [1.807, 2.05) is 20.8 Å². The summed E-state index contributed by atoms with van der Waals surface area (Å²) in [7, 11) is 0. The van der Waals surface area contributed by atoms with E-state index in [-0.39, 0.29) is 0 Å². The van der Waals surface area contributed by atoms with E-state index in [9.17, 15) is 0 Å². The van der Waals surface area contributed by atoms with Crippen LogP contribution in [0, 0.1) is 6.92 Å². The van der Waals surface area contributed by atoms with Crippen LogP contribution >= 0.6 is 0 Å². The van der Waals surface area contributed by atoms with E-state index in [0.29, 0.717) is 5.92 Å². The van der Waals surface area contributed by atoms with Crippen LogP contribution in [0.1, 0.15) is 44.9 Å². The monoisotopic (exact) mass is 281 g/mol. The summed E-state index contributed by atoms with van der Waals surface area (Å²) in [6, 6.07) is 14.7. The van der Waals surface area contributed by atoms with Gasteiger partial charge in [0.05, 0.1) is 5.69 Å². The van der Waals surface area contributed by atoms with Crippen molar-refractivity contribution in [1.82, 2.24) is 5.16 Å². The molecule has 3 aromatic rings. The molecule has 2 heteroatoms. The van der Waals surface area contributed by atoms with Crippen LogP contribution in [0.25, 0.3) is 22.1 Å². The molecule has 0 amide bonds. The standard InChI is InChI=1S/C17H17NO.C2H6/c1-11(2)16-12(3)18-19-17(16)15-10-6-8-13-7-4-5-9-14(13)15;1-2/h4-11H,1-3H3;1-2H3. The van der Waals surface area contributed by atoms with Gasteiger partial charge in [0.2, 0.25) is 0 Å². The molecule has 0 fully saturated rings. The van der Waals surface area contributed by atoms with E-state index >= 15 is 0 Å². The van der Waals surface area contributed by atoms with Crippen molar-refractivity contribution in [1.29, 1.82) is 0 Å². The van der Waals surface area contributed by atoms with Crippen molar-refractivity contribution in [3.05, 3.63) is 53.7 Å². The quantitative estimate of drug-likeness (QED) is 0.580. The molecule has 2 aromatic carbocycles. The van der Waals surface area contributed by atoms with Crippen molar-refractivity contribution in [2.24, 2.45) is 0 Å². The molecule has 0 saturated heterocycles. The Balaban J connectivity index is 0.000000774. The van der Waals surface area contributed by atoms with E-state index in [1.165, 1.54) is 16.3 Å². The van der Waals surface area contributed by atoms with Gasteiger partial charge in [-0.3, -0.25) is 0 Å². The van der Waals surface area contributed by atoms with Crippen molar-refractivity contribution >= 4 is 10.8 Å². The first-order chi connectivity index (χ1) is 10.2. The Hall–Kier alpha value is -2.09. The zero-order chi connectivity index (χ0) is 15.4. The highest BCUT2D eigenvalue weighted by atomic mass is 16.5. The number of aryl methyl sites for hydroxylation is 1. The molecule has 3 rings (SSSR count). The Bertz CT molecular complexity index is 720. The number of benzene rings is 2. The average Bonchev–Trinajstić information content (AvgIpc) is 2.90. The molecule has 0 spiro atoms. The highest BCUT2D eigenvalue weighted by Crippen LogP contribution is 2.35. The molecule has 0 aliphatic heterocycles. The Labute approximate surface area is 126 Å². The fourth-order valence-corrected chi connectivity index (χ4v) is 2.67. The summed E-state index contributed by atoms with van der Waals surface area (Å²) in [5.41, 5.74) is 3.32. The zero-order valence-corrected chi connectivity index (χ0v) is 13.5. The van der Waals surface area contributed by atoms with E-state index in [2.05, 4.69) is 61.5 Å². The highest BCUT2D eigenvalue weighted by molar-refractivity contribution is 5.96. The van der Waals surface area contributed by atoms with Crippen molar-refractivity contribution < 1.29 is 4.52 Å². The minimum atomic E-state index is 0.403. The van der Waals surface area contributed by atoms with E-state index in [4.69, 9.17) is 4.52 Å². The van der Waals surface area contributed by atoms with E-state index in [0.717, 1.165) is 17.0 Å². The third kappa shape index (κ3) is 2.85. The predicted octanol–water partition coefficient (Wildman–Crippen LogP) is 5.95. The normalized spacial score (nSPS) is 10.6. The number of fused-ring (bicyclic) bond motifs is 1. The van der Waals surface area contributed by atoms with Crippen LogP contribution in [0.2, 0.25) is 0 Å². The molecule has 2 nitrogen and oxygen atoms in total. The Morgan fingerprint density at radius 1 is 0.952 bits per heavy atom. The van der Waals surface area contributed by atoms with E-state index in [1.54, 1.807) is 0 Å². The first-order valence-corrected chi connectivity index (χ1v) is 7.63. The maximum Gasteiger partial charge on any atom is 0.171 e. The topological polar surface area (TPSA) is 26.0 Å². The number of nitrogens with zero attached hydrogens (tertiary/aromatic N) is 1. The van der Waals surface area contributed by atoms with Crippen LogP contribution in [0.15, 0.2) is 47.0 Å². The zero-order valence-electron chi connectivity index (χ0n) is 13.5. The van der Waals surface area contributed by atoms with Crippen molar-refractivity contribution in [3.8, 4) is 11.3 Å². The SMILES string of the molecule is CC.Cc1noc(-c2cccc3ccccc23)c1C(C)C. The lowest BCUT2D eigenvalue weighted by molar-refractivity contribution is 0.427. The summed E-state index contributed by atoms with van der Waals surface area (Å²) >= 11 is 0. The van der Waals surface area contributed by atoms with Gasteiger partial charge in [0, 0.05) is 11.1 Å². The summed E-state index contributed by atoms with van der Waals surface area (Å²) in [5, 5.41) is 6.58. The molecule has 0 N–H and O–H groups in total. The second kappa shape index (κ2) is 6.57. The molecule has 0 radical (unpaired) electrons.